The van der Waals surface area contributed by atoms with Crippen LogP contribution in [-0.4, -0.2) is 29.8 Å². The number of anilines is 1. The van der Waals surface area contributed by atoms with Crippen LogP contribution in [0.2, 0.25) is 5.02 Å². The summed E-state index contributed by atoms with van der Waals surface area (Å²) in [7, 11) is 0. The van der Waals surface area contributed by atoms with Gasteiger partial charge in [0, 0.05) is 23.7 Å². The molecule has 166 valence electrons. The van der Waals surface area contributed by atoms with Crippen molar-refractivity contribution in [2.24, 2.45) is 0 Å². The van der Waals surface area contributed by atoms with Gasteiger partial charge in [0.15, 0.2) is 11.5 Å². The maximum Gasteiger partial charge on any atom is 0.294 e. The van der Waals surface area contributed by atoms with E-state index in [1.807, 2.05) is 65.6 Å². The Morgan fingerprint density at radius 1 is 0.939 bits per heavy atom. The molecule has 2 amide bonds. The van der Waals surface area contributed by atoms with Crippen LogP contribution in [-0.2, 0) is 11.3 Å². The maximum atomic E-state index is 13.4. The highest BCUT2D eigenvalue weighted by atomic mass is 35.5. The Balaban J connectivity index is 1.41. The molecule has 0 bridgehead atoms. The molecule has 6 heteroatoms. The van der Waals surface area contributed by atoms with Gasteiger partial charge in [-0.1, -0.05) is 48.0 Å². The predicted molar refractivity (Wildman–Crippen MR) is 129 cm³/mol. The number of fused-ring (bicyclic) bond motifs is 1. The summed E-state index contributed by atoms with van der Waals surface area (Å²) in [4.78, 5) is 29.5. The van der Waals surface area contributed by atoms with Gasteiger partial charge in [-0.2, -0.15) is 0 Å². The van der Waals surface area contributed by atoms with E-state index in [2.05, 4.69) is 0 Å². The van der Waals surface area contributed by atoms with E-state index < -0.39 is 0 Å². The van der Waals surface area contributed by atoms with Gasteiger partial charge in [0.2, 0.25) is 0 Å². The van der Waals surface area contributed by atoms with E-state index in [4.69, 9.17) is 16.3 Å². The molecule has 1 fully saturated rings. The fourth-order valence-electron chi connectivity index (χ4n) is 4.17. The first-order valence-electron chi connectivity index (χ1n) is 11.0. The summed E-state index contributed by atoms with van der Waals surface area (Å²) < 4.78 is 5.97. The molecular formula is C27H23ClN2O3. The summed E-state index contributed by atoms with van der Waals surface area (Å²) in [5.41, 5.74) is 3.14. The first-order valence-corrected chi connectivity index (χ1v) is 11.4. The molecule has 0 unspecified atom stereocenters. The Kier molecular flexibility index (Phi) is 5.88. The maximum absolute atomic E-state index is 13.4. The lowest BCUT2D eigenvalue weighted by molar-refractivity contribution is -0.117. The number of halogens is 1. The smallest absolute Gasteiger partial charge is 0.294 e. The molecule has 0 N–H and O–H groups in total. The second-order valence-electron chi connectivity index (χ2n) is 8.22. The van der Waals surface area contributed by atoms with Crippen LogP contribution in [0.1, 0.15) is 34.3 Å². The minimum Gasteiger partial charge on any atom is -0.449 e. The minimum atomic E-state index is -0.221. The van der Waals surface area contributed by atoms with Crippen LogP contribution in [0.3, 0.4) is 0 Å². The topological polar surface area (TPSA) is 49.9 Å². The zero-order valence-corrected chi connectivity index (χ0v) is 18.8. The summed E-state index contributed by atoms with van der Waals surface area (Å²) >= 11 is 6.01. The highest BCUT2D eigenvalue weighted by molar-refractivity contribution is 6.30. The SMILES string of the molecule is O=C(c1ccc(/C=C2/Oc3ccccc3N(Cc3ccc(Cl)cc3)C2=O)cc1)N1CCCC1. The average Bonchev–Trinajstić information content (AvgIpc) is 3.38. The number of nitrogens with zero attached hydrogens (tertiary/aromatic N) is 2. The molecule has 0 aromatic heterocycles. The summed E-state index contributed by atoms with van der Waals surface area (Å²) in [5, 5.41) is 0.652. The monoisotopic (exact) mass is 458 g/mol. The van der Waals surface area contributed by atoms with Crippen molar-refractivity contribution in [1.82, 2.24) is 4.90 Å². The van der Waals surface area contributed by atoms with Crippen LogP contribution in [0.15, 0.2) is 78.6 Å². The Morgan fingerprint density at radius 3 is 2.36 bits per heavy atom. The first-order chi connectivity index (χ1) is 16.1. The van der Waals surface area contributed by atoms with Gasteiger partial charge >= 0.3 is 0 Å². The van der Waals surface area contributed by atoms with E-state index in [0.717, 1.165) is 42.7 Å². The first kappa shape index (κ1) is 21.3. The van der Waals surface area contributed by atoms with E-state index in [-0.39, 0.29) is 17.6 Å². The van der Waals surface area contributed by atoms with Crippen LogP contribution in [0, 0.1) is 0 Å². The zero-order chi connectivity index (χ0) is 22.8. The van der Waals surface area contributed by atoms with Crippen LogP contribution in [0.4, 0.5) is 5.69 Å². The van der Waals surface area contributed by atoms with Crippen LogP contribution in [0.5, 0.6) is 5.75 Å². The quantitative estimate of drug-likeness (QED) is 0.482. The third-order valence-corrected chi connectivity index (χ3v) is 6.19. The van der Waals surface area contributed by atoms with Crippen LogP contribution >= 0.6 is 11.6 Å². The highest BCUT2D eigenvalue weighted by Gasteiger charge is 2.30. The average molecular weight is 459 g/mol. The summed E-state index contributed by atoms with van der Waals surface area (Å²) in [5.74, 6) is 0.695. The standard InChI is InChI=1S/C27H23ClN2O3/c28-22-13-9-20(10-14-22)18-30-23-5-1-2-6-24(23)33-25(27(30)32)17-19-7-11-21(12-8-19)26(31)29-15-3-4-16-29/h1-2,5-14,17H,3-4,15-16,18H2/b25-17+. The van der Waals surface area contributed by atoms with Crippen molar-refractivity contribution in [3.05, 3.63) is 100 Å². The van der Waals surface area contributed by atoms with Gasteiger partial charge in [-0.05, 0) is 66.4 Å². The molecule has 2 heterocycles. The predicted octanol–water partition coefficient (Wildman–Crippen LogP) is 5.54. The van der Waals surface area contributed by atoms with Crippen molar-refractivity contribution in [1.29, 1.82) is 0 Å². The van der Waals surface area contributed by atoms with Crippen molar-refractivity contribution < 1.29 is 14.3 Å². The molecule has 3 aromatic carbocycles. The largest absolute Gasteiger partial charge is 0.449 e. The van der Waals surface area contributed by atoms with E-state index in [9.17, 15) is 9.59 Å². The molecule has 2 aliphatic rings. The summed E-state index contributed by atoms with van der Waals surface area (Å²) in [6.07, 6.45) is 3.84. The van der Waals surface area contributed by atoms with Gasteiger partial charge in [0.25, 0.3) is 11.8 Å². The van der Waals surface area contributed by atoms with Gasteiger partial charge < -0.3 is 9.64 Å². The molecular weight excluding hydrogens is 436 g/mol. The number of benzene rings is 3. The van der Waals surface area contributed by atoms with Gasteiger partial charge in [-0.15, -0.1) is 0 Å². The third-order valence-electron chi connectivity index (χ3n) is 5.93. The van der Waals surface area contributed by atoms with Crippen molar-refractivity contribution in [3.63, 3.8) is 0 Å². The molecule has 3 aromatic rings. The Morgan fingerprint density at radius 2 is 1.64 bits per heavy atom. The molecule has 2 aliphatic heterocycles. The number of likely N-dealkylation sites (tertiary alicyclic amines) is 1. The molecule has 5 nitrogen and oxygen atoms in total. The van der Waals surface area contributed by atoms with E-state index >= 15 is 0 Å². The highest BCUT2D eigenvalue weighted by Crippen LogP contribution is 2.36. The fourth-order valence-corrected chi connectivity index (χ4v) is 4.29. The number of hydrogen-bond donors (Lipinski definition) is 0. The molecule has 5 rings (SSSR count). The van der Waals surface area contributed by atoms with Crippen LogP contribution in [0.25, 0.3) is 6.08 Å². The number of amides is 2. The van der Waals surface area contributed by atoms with Gasteiger partial charge in [0.05, 0.1) is 12.2 Å². The number of hydrogen-bond acceptors (Lipinski definition) is 3. The Hall–Kier alpha value is -3.57. The fraction of sp³-hybridized carbons (Fsp3) is 0.185. The van der Waals surface area contributed by atoms with Crippen molar-refractivity contribution >= 4 is 35.2 Å². The molecule has 33 heavy (non-hydrogen) atoms. The molecule has 0 saturated carbocycles. The molecule has 0 atom stereocenters. The molecule has 1 saturated heterocycles. The molecule has 0 radical (unpaired) electrons. The number of carbonyl (C=O) groups is 2. The lowest BCUT2D eigenvalue weighted by Gasteiger charge is -2.30. The normalized spacial score (nSPS) is 16.6. The summed E-state index contributed by atoms with van der Waals surface area (Å²) in [6.45, 7) is 2.03. The van der Waals surface area contributed by atoms with Gasteiger partial charge in [-0.3, -0.25) is 14.5 Å². The van der Waals surface area contributed by atoms with Crippen molar-refractivity contribution in [3.8, 4) is 5.75 Å². The number of carbonyl (C=O) groups excluding carboxylic acids is 2. The van der Waals surface area contributed by atoms with E-state index in [1.165, 1.54) is 0 Å². The molecule has 0 aliphatic carbocycles. The molecule has 0 spiro atoms. The Labute approximate surface area is 197 Å². The number of para-hydroxylation sites is 2. The van der Waals surface area contributed by atoms with Crippen molar-refractivity contribution in [2.75, 3.05) is 18.0 Å². The van der Waals surface area contributed by atoms with Gasteiger partial charge in [0.1, 0.15) is 0 Å². The second kappa shape index (κ2) is 9.12. The van der Waals surface area contributed by atoms with E-state index in [0.29, 0.717) is 22.9 Å². The van der Waals surface area contributed by atoms with E-state index in [1.54, 1.807) is 23.1 Å². The number of rotatable bonds is 4. The zero-order valence-electron chi connectivity index (χ0n) is 18.0. The lowest BCUT2D eigenvalue weighted by atomic mass is 10.1. The van der Waals surface area contributed by atoms with Crippen LogP contribution < -0.4 is 9.64 Å². The minimum absolute atomic E-state index is 0.0553. The lowest BCUT2D eigenvalue weighted by Crippen LogP contribution is -2.36. The van der Waals surface area contributed by atoms with Gasteiger partial charge in [-0.25, -0.2) is 0 Å². The Bertz CT molecular complexity index is 1210. The number of ether oxygens (including phenoxy) is 1. The third kappa shape index (κ3) is 4.50. The summed E-state index contributed by atoms with van der Waals surface area (Å²) in [6, 6.07) is 22.2. The second-order valence-corrected chi connectivity index (χ2v) is 8.65. The van der Waals surface area contributed by atoms with Crippen molar-refractivity contribution in [2.45, 2.75) is 19.4 Å².